The SMILES string of the molecule is CCN1CCC(CNC(=O)NC(CCSC)C(=O)O)CC1. The minimum Gasteiger partial charge on any atom is -0.480 e. The molecule has 7 heteroatoms. The van der Waals surface area contributed by atoms with Gasteiger partial charge in [-0.25, -0.2) is 9.59 Å². The molecule has 2 amide bonds. The van der Waals surface area contributed by atoms with Gasteiger partial charge in [0.2, 0.25) is 0 Å². The number of urea groups is 1. The van der Waals surface area contributed by atoms with E-state index in [-0.39, 0.29) is 6.03 Å². The Morgan fingerprint density at radius 2 is 2.05 bits per heavy atom. The van der Waals surface area contributed by atoms with Crippen LogP contribution in [0.3, 0.4) is 0 Å². The highest BCUT2D eigenvalue weighted by Crippen LogP contribution is 2.15. The number of nitrogens with one attached hydrogen (secondary N) is 2. The molecule has 6 nitrogen and oxygen atoms in total. The van der Waals surface area contributed by atoms with Crippen molar-refractivity contribution in [3.63, 3.8) is 0 Å². The van der Waals surface area contributed by atoms with Gasteiger partial charge in [-0.3, -0.25) is 0 Å². The Bertz CT molecular complexity index is 333. The zero-order valence-corrected chi connectivity index (χ0v) is 13.7. The minimum atomic E-state index is -0.976. The van der Waals surface area contributed by atoms with Crippen molar-refractivity contribution in [2.75, 3.05) is 38.2 Å². The molecule has 1 atom stereocenters. The number of aliphatic carboxylic acids is 1. The Kier molecular flexibility index (Phi) is 8.52. The first kappa shape index (κ1) is 18.1. The Balaban J connectivity index is 2.25. The van der Waals surface area contributed by atoms with Crippen molar-refractivity contribution >= 4 is 23.8 Å². The van der Waals surface area contributed by atoms with Crippen molar-refractivity contribution in [2.45, 2.75) is 32.2 Å². The van der Waals surface area contributed by atoms with Gasteiger partial charge in [0.05, 0.1) is 0 Å². The van der Waals surface area contributed by atoms with E-state index in [2.05, 4.69) is 22.5 Å². The first-order valence-corrected chi connectivity index (χ1v) is 8.94. The van der Waals surface area contributed by atoms with Gasteiger partial charge in [0.1, 0.15) is 6.04 Å². The van der Waals surface area contributed by atoms with Gasteiger partial charge in [0, 0.05) is 6.54 Å². The van der Waals surface area contributed by atoms with Crippen LogP contribution in [0.1, 0.15) is 26.2 Å². The second-order valence-electron chi connectivity index (χ2n) is 5.40. The fourth-order valence-corrected chi connectivity index (χ4v) is 2.92. The van der Waals surface area contributed by atoms with Crippen molar-refractivity contribution in [2.24, 2.45) is 5.92 Å². The van der Waals surface area contributed by atoms with Crippen LogP contribution in [0, 0.1) is 5.92 Å². The van der Waals surface area contributed by atoms with Crippen LogP contribution >= 0.6 is 11.8 Å². The van der Waals surface area contributed by atoms with E-state index in [4.69, 9.17) is 5.11 Å². The minimum absolute atomic E-state index is 0.374. The van der Waals surface area contributed by atoms with Gasteiger partial charge in [-0.15, -0.1) is 0 Å². The van der Waals surface area contributed by atoms with Crippen LogP contribution in [0.25, 0.3) is 0 Å². The molecular formula is C14H27N3O3S. The fourth-order valence-electron chi connectivity index (χ4n) is 2.45. The Hall–Kier alpha value is -0.950. The maximum absolute atomic E-state index is 11.8. The second-order valence-corrected chi connectivity index (χ2v) is 6.39. The smallest absolute Gasteiger partial charge is 0.326 e. The molecule has 21 heavy (non-hydrogen) atoms. The van der Waals surface area contributed by atoms with Gasteiger partial charge >= 0.3 is 12.0 Å². The lowest BCUT2D eigenvalue weighted by Gasteiger charge is -2.31. The number of nitrogens with zero attached hydrogens (tertiary/aromatic N) is 1. The highest BCUT2D eigenvalue weighted by Gasteiger charge is 2.21. The Morgan fingerprint density at radius 3 is 2.57 bits per heavy atom. The van der Waals surface area contributed by atoms with Gasteiger partial charge in [0.25, 0.3) is 0 Å². The lowest BCUT2D eigenvalue weighted by atomic mass is 9.97. The Labute approximate surface area is 131 Å². The van der Waals surface area contributed by atoms with Crippen LogP contribution < -0.4 is 10.6 Å². The summed E-state index contributed by atoms with van der Waals surface area (Å²) in [6.07, 6.45) is 4.53. The van der Waals surface area contributed by atoms with Crippen molar-refractivity contribution in [1.82, 2.24) is 15.5 Å². The lowest BCUT2D eigenvalue weighted by molar-refractivity contribution is -0.139. The third-order valence-corrected chi connectivity index (χ3v) is 4.56. The van der Waals surface area contributed by atoms with Crippen LogP contribution in [0.5, 0.6) is 0 Å². The standard InChI is InChI=1S/C14H27N3O3S/c1-3-17-7-4-11(5-8-17)10-15-14(20)16-12(13(18)19)6-9-21-2/h11-12H,3-10H2,1-2H3,(H,18,19)(H2,15,16,20). The molecule has 1 rings (SSSR count). The molecule has 1 unspecified atom stereocenters. The van der Waals surface area contributed by atoms with Gasteiger partial charge in [0.15, 0.2) is 0 Å². The lowest BCUT2D eigenvalue weighted by Crippen LogP contribution is -2.48. The predicted octanol–water partition coefficient (Wildman–Crippen LogP) is 1.22. The van der Waals surface area contributed by atoms with E-state index in [1.54, 1.807) is 11.8 Å². The van der Waals surface area contributed by atoms with Crippen molar-refractivity contribution in [3.05, 3.63) is 0 Å². The van der Waals surface area contributed by atoms with E-state index in [9.17, 15) is 9.59 Å². The molecule has 0 radical (unpaired) electrons. The fraction of sp³-hybridized carbons (Fsp3) is 0.857. The zero-order chi connectivity index (χ0) is 15.7. The van der Waals surface area contributed by atoms with Gasteiger partial charge in [-0.1, -0.05) is 6.92 Å². The van der Waals surface area contributed by atoms with Crippen LogP contribution in [0.2, 0.25) is 0 Å². The van der Waals surface area contributed by atoms with Crippen LogP contribution in [0.4, 0.5) is 4.79 Å². The molecule has 1 heterocycles. The largest absolute Gasteiger partial charge is 0.480 e. The number of thioether (sulfide) groups is 1. The summed E-state index contributed by atoms with van der Waals surface area (Å²) < 4.78 is 0. The number of carboxylic acids is 1. The molecule has 0 spiro atoms. The molecule has 122 valence electrons. The van der Waals surface area contributed by atoms with E-state index >= 15 is 0 Å². The highest BCUT2D eigenvalue weighted by atomic mass is 32.2. The summed E-state index contributed by atoms with van der Waals surface area (Å²) in [5, 5.41) is 14.4. The maximum atomic E-state index is 11.8. The summed E-state index contributed by atoms with van der Waals surface area (Å²) in [5.41, 5.74) is 0. The molecule has 0 saturated carbocycles. The van der Waals surface area contributed by atoms with Gasteiger partial charge in [-0.2, -0.15) is 11.8 Å². The van der Waals surface area contributed by atoms with Gasteiger partial charge < -0.3 is 20.6 Å². The van der Waals surface area contributed by atoms with Crippen LogP contribution in [-0.4, -0.2) is 66.2 Å². The topological polar surface area (TPSA) is 81.7 Å². The van der Waals surface area contributed by atoms with E-state index in [0.717, 1.165) is 32.5 Å². The Morgan fingerprint density at radius 1 is 1.38 bits per heavy atom. The third-order valence-electron chi connectivity index (χ3n) is 3.92. The summed E-state index contributed by atoms with van der Waals surface area (Å²) in [5.74, 6) is 0.232. The number of amides is 2. The van der Waals surface area contributed by atoms with Crippen molar-refractivity contribution < 1.29 is 14.7 Å². The number of carbonyl (C=O) groups is 2. The van der Waals surface area contributed by atoms with Crippen molar-refractivity contribution in [1.29, 1.82) is 0 Å². The quantitative estimate of drug-likeness (QED) is 0.627. The zero-order valence-electron chi connectivity index (χ0n) is 12.9. The van der Waals surface area contributed by atoms with E-state index in [0.29, 0.717) is 24.6 Å². The number of hydrogen-bond acceptors (Lipinski definition) is 4. The molecule has 0 aromatic heterocycles. The van der Waals surface area contributed by atoms with Crippen molar-refractivity contribution in [3.8, 4) is 0 Å². The molecule has 0 aromatic carbocycles. The predicted molar refractivity (Wildman–Crippen MR) is 85.8 cm³/mol. The summed E-state index contributed by atoms with van der Waals surface area (Å²) in [6.45, 7) is 6.02. The first-order chi connectivity index (χ1) is 10.1. The van der Waals surface area contributed by atoms with E-state index in [1.807, 2.05) is 6.26 Å². The maximum Gasteiger partial charge on any atom is 0.326 e. The molecule has 3 N–H and O–H groups in total. The molecular weight excluding hydrogens is 290 g/mol. The molecule has 1 aliphatic heterocycles. The normalized spacial score (nSPS) is 18.2. The second kappa shape index (κ2) is 9.89. The molecule has 0 aromatic rings. The van der Waals surface area contributed by atoms with Crippen LogP contribution in [0.15, 0.2) is 0 Å². The third kappa shape index (κ3) is 7.04. The summed E-state index contributed by atoms with van der Waals surface area (Å²) in [4.78, 5) is 25.2. The number of carbonyl (C=O) groups excluding carboxylic acids is 1. The average Bonchev–Trinajstić information content (AvgIpc) is 2.49. The van der Waals surface area contributed by atoms with Gasteiger partial charge in [-0.05, 0) is 56.8 Å². The molecule has 1 fully saturated rings. The molecule has 0 bridgehead atoms. The van der Waals surface area contributed by atoms with E-state index < -0.39 is 12.0 Å². The molecule has 1 aliphatic rings. The van der Waals surface area contributed by atoms with Crippen LogP contribution in [-0.2, 0) is 4.79 Å². The first-order valence-electron chi connectivity index (χ1n) is 7.55. The number of rotatable bonds is 8. The number of likely N-dealkylation sites (tertiary alicyclic amines) is 1. The monoisotopic (exact) mass is 317 g/mol. The van der Waals surface area contributed by atoms with E-state index in [1.165, 1.54) is 0 Å². The number of carboxylic acid groups (broad SMARTS) is 1. The summed E-state index contributed by atoms with van der Waals surface area (Å²) >= 11 is 1.57. The molecule has 0 aliphatic carbocycles. The highest BCUT2D eigenvalue weighted by molar-refractivity contribution is 7.98. The summed E-state index contributed by atoms with van der Waals surface area (Å²) in [6, 6.07) is -1.18. The summed E-state index contributed by atoms with van der Waals surface area (Å²) in [7, 11) is 0. The average molecular weight is 317 g/mol. The number of hydrogen-bond donors (Lipinski definition) is 3. The molecule has 1 saturated heterocycles. The number of piperidine rings is 1.